The van der Waals surface area contributed by atoms with Gasteiger partial charge in [-0.1, -0.05) is 24.3 Å². The molecule has 0 unspecified atom stereocenters. The Labute approximate surface area is 116 Å². The zero-order valence-corrected chi connectivity index (χ0v) is 10.8. The summed E-state index contributed by atoms with van der Waals surface area (Å²) in [5.74, 6) is 0. The number of hydrogen-bond acceptors (Lipinski definition) is 2. The van der Waals surface area contributed by atoms with E-state index < -0.39 is 6.03 Å². The molecule has 0 aliphatic heterocycles. The van der Waals surface area contributed by atoms with Gasteiger partial charge in [-0.25, -0.2) is 4.79 Å². The first-order valence-corrected chi connectivity index (χ1v) is 6.12. The predicted molar refractivity (Wildman–Crippen MR) is 78.6 cm³/mol. The van der Waals surface area contributed by atoms with Crippen molar-refractivity contribution in [1.29, 1.82) is 0 Å². The van der Waals surface area contributed by atoms with E-state index in [-0.39, 0.29) is 0 Å². The third-order valence-corrected chi connectivity index (χ3v) is 2.81. The lowest BCUT2D eigenvalue weighted by atomic mass is 10.0. The molecule has 0 aliphatic rings. The molecular weight excluding hydrogens is 254 g/mol. The molecular formula is C15H15N3O2. The van der Waals surface area contributed by atoms with Crippen molar-refractivity contribution in [2.45, 2.75) is 6.42 Å². The predicted octanol–water partition coefficient (Wildman–Crippen LogP) is 2.34. The Balaban J connectivity index is 2.02. The maximum atomic E-state index is 10.7. The van der Waals surface area contributed by atoms with Gasteiger partial charge in [-0.15, -0.1) is 0 Å². The molecule has 0 saturated heterocycles. The van der Waals surface area contributed by atoms with Gasteiger partial charge in [0.15, 0.2) is 0 Å². The van der Waals surface area contributed by atoms with Gasteiger partial charge in [0.1, 0.15) is 0 Å². The van der Waals surface area contributed by atoms with Crippen molar-refractivity contribution in [2.75, 3.05) is 10.6 Å². The summed E-state index contributed by atoms with van der Waals surface area (Å²) in [6, 6.07) is 14.5. The standard InChI is InChI=1S/C15H15N3O2/c16-15(20)18-14-7-3-12(4-8-14)9-11-1-5-13(6-2-11)17-10-19/h1-8,10H,9H2,(H,17,19)(H3,16,18,20). The molecule has 4 N–H and O–H groups in total. The highest BCUT2D eigenvalue weighted by Crippen LogP contribution is 2.15. The Kier molecular flexibility index (Phi) is 4.34. The van der Waals surface area contributed by atoms with Crippen LogP contribution >= 0.6 is 0 Å². The number of carbonyl (C=O) groups excluding carboxylic acids is 2. The molecule has 2 rings (SSSR count). The Morgan fingerprint density at radius 3 is 1.90 bits per heavy atom. The lowest BCUT2D eigenvalue weighted by molar-refractivity contribution is -0.105. The fraction of sp³-hybridized carbons (Fsp3) is 0.0667. The van der Waals surface area contributed by atoms with Crippen molar-refractivity contribution in [3.05, 3.63) is 59.7 Å². The summed E-state index contributed by atoms with van der Waals surface area (Å²) in [7, 11) is 0. The number of hydrogen-bond donors (Lipinski definition) is 3. The Hall–Kier alpha value is -2.82. The summed E-state index contributed by atoms with van der Waals surface area (Å²) in [5, 5.41) is 5.11. The minimum absolute atomic E-state index is 0.573. The van der Waals surface area contributed by atoms with Gasteiger partial charge in [0.05, 0.1) is 0 Å². The number of urea groups is 1. The van der Waals surface area contributed by atoms with Crippen LogP contribution in [0.2, 0.25) is 0 Å². The van der Waals surface area contributed by atoms with Crippen molar-refractivity contribution in [1.82, 2.24) is 0 Å². The quantitative estimate of drug-likeness (QED) is 0.728. The van der Waals surface area contributed by atoms with Gasteiger partial charge in [0, 0.05) is 11.4 Å². The molecule has 0 fully saturated rings. The molecule has 2 aromatic carbocycles. The fourth-order valence-electron chi connectivity index (χ4n) is 1.87. The average molecular weight is 269 g/mol. The number of nitrogens with two attached hydrogens (primary N) is 1. The van der Waals surface area contributed by atoms with Crippen molar-refractivity contribution in [3.63, 3.8) is 0 Å². The highest BCUT2D eigenvalue weighted by Gasteiger charge is 1.99. The van der Waals surface area contributed by atoms with E-state index in [1.807, 2.05) is 48.5 Å². The second-order valence-corrected chi connectivity index (χ2v) is 4.32. The maximum absolute atomic E-state index is 10.7. The monoisotopic (exact) mass is 269 g/mol. The number of nitrogens with one attached hydrogen (secondary N) is 2. The summed E-state index contributed by atoms with van der Waals surface area (Å²) in [6.07, 6.45) is 1.43. The number of benzene rings is 2. The highest BCUT2D eigenvalue weighted by atomic mass is 16.2. The fourth-order valence-corrected chi connectivity index (χ4v) is 1.87. The van der Waals surface area contributed by atoms with Crippen LogP contribution in [-0.2, 0) is 11.2 Å². The van der Waals surface area contributed by atoms with Gasteiger partial charge in [-0.3, -0.25) is 4.79 Å². The van der Waals surface area contributed by atoms with E-state index in [1.54, 1.807) is 0 Å². The zero-order chi connectivity index (χ0) is 14.4. The van der Waals surface area contributed by atoms with Crippen LogP contribution in [0.15, 0.2) is 48.5 Å². The SMILES string of the molecule is NC(=O)Nc1ccc(Cc2ccc(NC=O)cc2)cc1. The highest BCUT2D eigenvalue weighted by molar-refractivity contribution is 5.87. The molecule has 2 aromatic rings. The molecule has 0 spiro atoms. The molecule has 0 atom stereocenters. The van der Waals surface area contributed by atoms with Crippen LogP contribution < -0.4 is 16.4 Å². The van der Waals surface area contributed by atoms with Crippen LogP contribution in [0.25, 0.3) is 0 Å². The Morgan fingerprint density at radius 1 is 0.950 bits per heavy atom. The molecule has 102 valence electrons. The number of anilines is 2. The van der Waals surface area contributed by atoms with E-state index in [0.29, 0.717) is 12.1 Å². The second kappa shape index (κ2) is 6.38. The van der Waals surface area contributed by atoms with Crippen LogP contribution in [0.3, 0.4) is 0 Å². The third-order valence-electron chi connectivity index (χ3n) is 2.81. The van der Waals surface area contributed by atoms with E-state index in [1.165, 1.54) is 0 Å². The van der Waals surface area contributed by atoms with Crippen LogP contribution in [0.1, 0.15) is 11.1 Å². The smallest absolute Gasteiger partial charge is 0.316 e. The van der Waals surface area contributed by atoms with Gasteiger partial charge in [-0.05, 0) is 41.8 Å². The van der Waals surface area contributed by atoms with Crippen LogP contribution in [0, 0.1) is 0 Å². The van der Waals surface area contributed by atoms with Crippen molar-refractivity contribution >= 4 is 23.8 Å². The van der Waals surface area contributed by atoms with Gasteiger partial charge in [-0.2, -0.15) is 0 Å². The number of rotatable bonds is 5. The van der Waals surface area contributed by atoms with Crippen molar-refractivity contribution in [2.24, 2.45) is 5.73 Å². The molecule has 0 bridgehead atoms. The van der Waals surface area contributed by atoms with Crippen LogP contribution in [0.5, 0.6) is 0 Å². The normalized spacial score (nSPS) is 9.80. The largest absolute Gasteiger partial charge is 0.351 e. The average Bonchev–Trinajstić information content (AvgIpc) is 2.43. The summed E-state index contributed by atoms with van der Waals surface area (Å²) in [6.45, 7) is 0. The van der Waals surface area contributed by atoms with Gasteiger partial charge in [0.2, 0.25) is 6.41 Å². The van der Waals surface area contributed by atoms with E-state index in [4.69, 9.17) is 5.73 Å². The zero-order valence-electron chi connectivity index (χ0n) is 10.8. The number of carbonyl (C=O) groups is 2. The summed E-state index contributed by atoms with van der Waals surface area (Å²) in [4.78, 5) is 21.0. The summed E-state index contributed by atoms with van der Waals surface area (Å²) >= 11 is 0. The summed E-state index contributed by atoms with van der Waals surface area (Å²) < 4.78 is 0. The molecule has 3 amide bonds. The van der Waals surface area contributed by atoms with Gasteiger partial charge >= 0.3 is 6.03 Å². The van der Waals surface area contributed by atoms with E-state index >= 15 is 0 Å². The van der Waals surface area contributed by atoms with E-state index in [0.717, 1.165) is 23.2 Å². The number of primary amides is 1. The van der Waals surface area contributed by atoms with Crippen LogP contribution in [-0.4, -0.2) is 12.4 Å². The topological polar surface area (TPSA) is 84.2 Å². The van der Waals surface area contributed by atoms with E-state index in [9.17, 15) is 9.59 Å². The molecule has 0 heterocycles. The molecule has 0 saturated carbocycles. The van der Waals surface area contributed by atoms with Gasteiger partial charge in [0.25, 0.3) is 0 Å². The van der Waals surface area contributed by atoms with Crippen molar-refractivity contribution < 1.29 is 9.59 Å². The molecule has 20 heavy (non-hydrogen) atoms. The van der Waals surface area contributed by atoms with Gasteiger partial charge < -0.3 is 16.4 Å². The Bertz CT molecular complexity index is 592. The number of amides is 3. The third kappa shape index (κ3) is 3.84. The lowest BCUT2D eigenvalue weighted by Crippen LogP contribution is -2.19. The minimum Gasteiger partial charge on any atom is -0.351 e. The molecule has 0 aliphatic carbocycles. The second-order valence-electron chi connectivity index (χ2n) is 4.32. The molecule has 5 heteroatoms. The Morgan fingerprint density at radius 2 is 1.45 bits per heavy atom. The minimum atomic E-state index is -0.573. The van der Waals surface area contributed by atoms with E-state index in [2.05, 4.69) is 10.6 Å². The molecule has 0 aromatic heterocycles. The first-order chi connectivity index (χ1) is 9.67. The summed E-state index contributed by atoms with van der Waals surface area (Å²) in [5.41, 5.74) is 8.74. The molecule has 0 radical (unpaired) electrons. The van der Waals surface area contributed by atoms with Crippen molar-refractivity contribution in [3.8, 4) is 0 Å². The first-order valence-electron chi connectivity index (χ1n) is 6.12. The molecule has 5 nitrogen and oxygen atoms in total. The van der Waals surface area contributed by atoms with Crippen LogP contribution in [0.4, 0.5) is 16.2 Å². The lowest BCUT2D eigenvalue weighted by Gasteiger charge is -2.06. The maximum Gasteiger partial charge on any atom is 0.316 e. The first kappa shape index (κ1) is 13.6.